The van der Waals surface area contributed by atoms with E-state index in [0.29, 0.717) is 11.5 Å². The molecule has 5 heterocycles. The molecule has 34 heteroatoms. The van der Waals surface area contributed by atoms with Gasteiger partial charge in [0.15, 0.2) is 5.78 Å². The fourth-order valence-corrected chi connectivity index (χ4v) is 12.3. The molecule has 9 atom stereocenters. The number of hydrogen-bond donors (Lipinski definition) is 12. The number of phosphoric acid groups is 3. The lowest BCUT2D eigenvalue weighted by Crippen LogP contribution is -2.52. The first-order valence-corrected chi connectivity index (χ1v) is 27.8. The van der Waals surface area contributed by atoms with E-state index in [-0.39, 0.29) is 99.4 Å². The van der Waals surface area contributed by atoms with Crippen molar-refractivity contribution in [1.29, 1.82) is 0 Å². The van der Waals surface area contributed by atoms with E-state index in [0.717, 1.165) is 0 Å². The minimum absolute atomic E-state index is 0.00636. The molecule has 2 unspecified atom stereocenters. The van der Waals surface area contributed by atoms with Crippen molar-refractivity contribution in [3.63, 3.8) is 0 Å². The summed E-state index contributed by atoms with van der Waals surface area (Å²) in [6.07, 6.45) is -4.64. The van der Waals surface area contributed by atoms with Crippen LogP contribution >= 0.6 is 45.1 Å². The minimum atomic E-state index is -5.79. The smallest absolute Gasteiger partial charge is 0.391 e. The zero-order valence-corrected chi connectivity index (χ0v) is 40.8. The number of β-amino-alcohol motifs (C(OH)–C–C–N with tert-alkyl or cyclic N) is 2. The number of nitrogens with two attached hydrogens (primary N) is 1. The SMILES string of the molecule is CNCC(=O)N1C[C@H](O)C[C@H]1C(=O)NCC(=O)N1C[C@H](O)C[C@H]1C(=O)NCCSSCCC(=O)NCC#Cc1cn([C@H]2C[C@@H](O)[C@@H](COP(=O)(O)OP(=O)(O)OP(=O)(O)O)O2)c2c1C(=O)CC(N)=N2. The number of likely N-dealkylation sites (tertiary alicyclic amines) is 2. The van der Waals surface area contributed by atoms with Crippen LogP contribution in [-0.2, 0) is 55.5 Å². The maximum Gasteiger partial charge on any atom is 0.490 e. The molecule has 29 nitrogen and oxygen atoms in total. The van der Waals surface area contributed by atoms with Crippen LogP contribution in [0.4, 0.5) is 5.82 Å². The summed E-state index contributed by atoms with van der Waals surface area (Å²) in [5, 5.41) is 41.4. The Morgan fingerprint density at radius 1 is 0.884 bits per heavy atom. The third-order valence-corrected chi connectivity index (χ3v) is 16.5. The number of fused-ring (bicyclic) bond motifs is 1. The molecule has 0 aromatic carbocycles. The molecular formula is C35H52N9O20P3S2. The third-order valence-electron chi connectivity index (χ3n) is 10.3. The van der Waals surface area contributed by atoms with E-state index in [1.165, 1.54) is 42.2 Å². The largest absolute Gasteiger partial charge is 0.490 e. The number of Topliss-reactive ketones (excluding diaryl/α,β-unsaturated/α-hetero) is 1. The van der Waals surface area contributed by atoms with Gasteiger partial charge in [0.25, 0.3) is 0 Å². The summed E-state index contributed by atoms with van der Waals surface area (Å²) in [5.74, 6) is 3.49. The number of amides is 5. The average Bonchev–Trinajstić information content (AvgIpc) is 4.02. The Bertz CT molecular complexity index is 2360. The zero-order chi connectivity index (χ0) is 50.8. The maximum absolute atomic E-state index is 13.0. The Hall–Kier alpha value is -3.76. The fraction of sp³-hybridized carbons (Fsp3) is 0.629. The second kappa shape index (κ2) is 24.6. The molecule has 0 radical (unpaired) electrons. The van der Waals surface area contributed by atoms with Gasteiger partial charge < -0.3 is 81.0 Å². The second-order valence-electron chi connectivity index (χ2n) is 15.6. The first-order chi connectivity index (χ1) is 32.4. The van der Waals surface area contributed by atoms with Gasteiger partial charge in [0, 0.05) is 63.0 Å². The molecule has 3 saturated heterocycles. The number of hydrogen-bond acceptors (Lipinski definition) is 21. The molecule has 5 amide bonds. The Balaban J connectivity index is 1.02. The van der Waals surface area contributed by atoms with E-state index in [4.69, 9.17) is 20.3 Å². The van der Waals surface area contributed by atoms with Crippen molar-refractivity contribution in [1.82, 2.24) is 35.6 Å². The van der Waals surface area contributed by atoms with Crippen LogP contribution in [0.15, 0.2) is 11.2 Å². The predicted molar refractivity (Wildman–Crippen MR) is 241 cm³/mol. The highest BCUT2D eigenvalue weighted by atomic mass is 33.1. The van der Waals surface area contributed by atoms with Crippen LogP contribution in [0.5, 0.6) is 0 Å². The van der Waals surface area contributed by atoms with Crippen LogP contribution in [-0.4, -0.2) is 191 Å². The number of carbonyl (C=O) groups is 6. The molecule has 3 fully saturated rings. The number of nitrogens with one attached hydrogen (secondary N) is 4. The van der Waals surface area contributed by atoms with Crippen LogP contribution in [0.2, 0.25) is 0 Å². The Morgan fingerprint density at radius 2 is 1.51 bits per heavy atom. The molecular weight excluding hydrogens is 1020 g/mol. The van der Waals surface area contributed by atoms with E-state index in [2.05, 4.69) is 51.2 Å². The molecule has 0 aliphatic carbocycles. The van der Waals surface area contributed by atoms with E-state index in [1.807, 2.05) is 0 Å². The molecule has 69 heavy (non-hydrogen) atoms. The topological polar surface area (TPSA) is 430 Å². The second-order valence-corrected chi connectivity index (χ2v) is 22.7. The minimum Gasteiger partial charge on any atom is -0.391 e. The van der Waals surface area contributed by atoms with Gasteiger partial charge in [-0.2, -0.15) is 8.62 Å². The van der Waals surface area contributed by atoms with Gasteiger partial charge >= 0.3 is 23.5 Å². The van der Waals surface area contributed by atoms with Crippen molar-refractivity contribution in [2.24, 2.45) is 10.7 Å². The highest BCUT2D eigenvalue weighted by Gasteiger charge is 2.44. The maximum atomic E-state index is 13.0. The van der Waals surface area contributed by atoms with Crippen molar-refractivity contribution in [2.75, 3.05) is 64.4 Å². The Labute approximate surface area is 400 Å². The summed E-state index contributed by atoms with van der Waals surface area (Å²) < 4.78 is 53.7. The monoisotopic (exact) mass is 1080 g/mol. The van der Waals surface area contributed by atoms with Gasteiger partial charge in [-0.3, -0.25) is 33.3 Å². The number of amidine groups is 1. The number of aliphatic hydroxyl groups is 3. The van der Waals surface area contributed by atoms with Gasteiger partial charge in [0.1, 0.15) is 36.1 Å². The molecule has 0 bridgehead atoms. The van der Waals surface area contributed by atoms with Gasteiger partial charge in [-0.05, 0) is 7.05 Å². The lowest BCUT2D eigenvalue weighted by atomic mass is 10.0. The van der Waals surface area contributed by atoms with Crippen molar-refractivity contribution < 1.29 is 95.2 Å². The summed E-state index contributed by atoms with van der Waals surface area (Å²) in [6.45, 7) is -1.50. The number of likely N-dealkylation sites (N-methyl/N-ethyl adjacent to an activating group) is 1. The summed E-state index contributed by atoms with van der Waals surface area (Å²) in [5.41, 5.74) is 6.12. The number of carbonyl (C=O) groups excluding carboxylic acids is 6. The first-order valence-electron chi connectivity index (χ1n) is 20.7. The lowest BCUT2D eigenvalue weighted by Gasteiger charge is -2.26. The van der Waals surface area contributed by atoms with E-state index in [9.17, 15) is 67.6 Å². The Kier molecular flexibility index (Phi) is 20.0. The molecule has 4 aliphatic heterocycles. The van der Waals surface area contributed by atoms with Gasteiger partial charge in [0.2, 0.25) is 29.5 Å². The Morgan fingerprint density at radius 3 is 2.14 bits per heavy atom. The summed E-state index contributed by atoms with van der Waals surface area (Å²) in [6, 6.07) is -1.94. The standard InChI is InChI=1S/C35H52N9O20P3S2/c1-37-13-29(50)42-16-21(46)10-23(42)35(53)40-14-30(51)43-17-20(45)9-22(43)34(52)39-6-8-69-68-7-4-28(49)38-5-2-3-19-15-44(33-32(19)25(48)11-27(36)41-33)31-12-24(47)26(62-31)18-61-66(57,58)64-67(59,60)63-65(54,55)56/h15,20-24,26,31,37,45-47H,4-14,16-18H2,1H3,(H2,36,41)(H,38,49)(H,39,52)(H,40,53)(H,57,58)(H,59,60)(H2,54,55,56)/t20-,21-,22+,23+,24-,26-,31-/m1/s1. The quantitative estimate of drug-likeness (QED) is 0.0234. The molecule has 1 aromatic heterocycles. The number of ketones is 1. The summed E-state index contributed by atoms with van der Waals surface area (Å²) in [7, 11) is -12.6. The molecule has 4 aliphatic rings. The number of nitrogens with zero attached hydrogens (tertiary/aromatic N) is 4. The number of aliphatic imine (C=N–C) groups is 1. The number of aromatic nitrogens is 1. The number of phosphoric ester groups is 1. The lowest BCUT2D eigenvalue weighted by molar-refractivity contribution is -0.140. The van der Waals surface area contributed by atoms with Gasteiger partial charge in [-0.25, -0.2) is 18.7 Å². The summed E-state index contributed by atoms with van der Waals surface area (Å²) >= 11 is 0. The average molecular weight is 1080 g/mol. The van der Waals surface area contributed by atoms with Crippen molar-refractivity contribution in [3.05, 3.63) is 17.3 Å². The molecule has 5 rings (SSSR count). The molecule has 0 saturated carbocycles. The highest BCUT2D eigenvalue weighted by Crippen LogP contribution is 2.66. The van der Waals surface area contributed by atoms with E-state index >= 15 is 0 Å². The van der Waals surface area contributed by atoms with E-state index in [1.54, 1.807) is 7.05 Å². The van der Waals surface area contributed by atoms with Crippen molar-refractivity contribution in [3.8, 4) is 11.8 Å². The van der Waals surface area contributed by atoms with Gasteiger partial charge in [-0.1, -0.05) is 33.4 Å². The van der Waals surface area contributed by atoms with Crippen LogP contribution in [0.1, 0.15) is 54.3 Å². The van der Waals surface area contributed by atoms with Gasteiger partial charge in [-0.15, -0.1) is 0 Å². The van der Waals surface area contributed by atoms with Gasteiger partial charge in [0.05, 0.1) is 62.1 Å². The molecule has 384 valence electrons. The van der Waals surface area contributed by atoms with Crippen molar-refractivity contribution in [2.45, 2.75) is 74.8 Å². The van der Waals surface area contributed by atoms with Crippen LogP contribution < -0.4 is 27.0 Å². The fourth-order valence-electron chi connectivity index (χ4n) is 7.42. The first kappa shape index (κ1) is 56.2. The normalized spacial score (nSPS) is 25.2. The number of ether oxygens (including phenoxy) is 1. The molecule has 13 N–H and O–H groups in total. The number of rotatable bonds is 22. The highest BCUT2D eigenvalue weighted by molar-refractivity contribution is 8.76. The third kappa shape index (κ3) is 16.4. The van der Waals surface area contributed by atoms with Crippen LogP contribution in [0.3, 0.4) is 0 Å². The summed E-state index contributed by atoms with van der Waals surface area (Å²) in [4.78, 5) is 120. The van der Waals surface area contributed by atoms with E-state index < -0.39 is 103 Å². The van der Waals surface area contributed by atoms with Crippen LogP contribution in [0.25, 0.3) is 0 Å². The van der Waals surface area contributed by atoms with Crippen LogP contribution in [0, 0.1) is 11.8 Å². The molecule has 1 aromatic rings. The zero-order valence-electron chi connectivity index (χ0n) is 36.5. The number of aliphatic hydroxyl groups excluding tert-OH is 3. The molecule has 0 spiro atoms. The van der Waals surface area contributed by atoms with Crippen molar-refractivity contribution >= 4 is 92.0 Å². The predicted octanol–water partition coefficient (Wildman–Crippen LogP) is -3.33.